The second-order valence-corrected chi connectivity index (χ2v) is 14.5. The molecule has 0 aliphatic carbocycles. The molecule has 0 saturated carbocycles. The molecule has 2 heterocycles. The van der Waals surface area contributed by atoms with Crippen LogP contribution in [0.4, 0.5) is 0 Å². The maximum absolute atomic E-state index is 11.5. The van der Waals surface area contributed by atoms with E-state index in [-0.39, 0.29) is 0 Å². The maximum Gasteiger partial charge on any atom is 0.104 e. The van der Waals surface area contributed by atoms with Crippen LogP contribution in [0.1, 0.15) is 27.8 Å². The molecule has 10 aromatic rings. The molecular formula is C53H27N7. The van der Waals surface area contributed by atoms with Crippen LogP contribution in [-0.2, 0) is 0 Å². The Hall–Kier alpha value is -9.19. The predicted molar refractivity (Wildman–Crippen MR) is 235 cm³/mol. The number of benzene rings is 8. The summed E-state index contributed by atoms with van der Waals surface area (Å²) in [5.74, 6) is 0. The first kappa shape index (κ1) is 35.2. The topological polar surface area (TPSA) is 129 Å². The molecule has 0 N–H and O–H groups in total. The molecule has 7 heteroatoms. The first-order valence-corrected chi connectivity index (χ1v) is 19.1. The lowest BCUT2D eigenvalue weighted by molar-refractivity contribution is 1.12. The number of nitriles is 5. The summed E-state index contributed by atoms with van der Waals surface area (Å²) < 4.78 is 4.22. The summed E-state index contributed by atoms with van der Waals surface area (Å²) >= 11 is 0. The average Bonchev–Trinajstić information content (AvgIpc) is 3.82. The van der Waals surface area contributed by atoms with Crippen LogP contribution in [0.25, 0.3) is 88.4 Å². The molecule has 0 radical (unpaired) electrons. The molecule has 10 rings (SSSR count). The maximum atomic E-state index is 11.5. The fourth-order valence-corrected chi connectivity index (χ4v) is 8.63. The van der Waals surface area contributed by atoms with Gasteiger partial charge in [-0.05, 0) is 100 Å². The minimum Gasteiger partial charge on any atom is -0.308 e. The van der Waals surface area contributed by atoms with Crippen molar-refractivity contribution in [2.24, 2.45) is 0 Å². The number of hydrogen-bond donors (Lipinski definition) is 0. The van der Waals surface area contributed by atoms with Gasteiger partial charge in [-0.15, -0.1) is 0 Å². The van der Waals surface area contributed by atoms with Crippen molar-refractivity contribution in [2.75, 3.05) is 0 Å². The van der Waals surface area contributed by atoms with Gasteiger partial charge in [0.25, 0.3) is 0 Å². The molecule has 0 aliphatic heterocycles. The zero-order valence-corrected chi connectivity index (χ0v) is 31.7. The van der Waals surface area contributed by atoms with E-state index < -0.39 is 0 Å². The van der Waals surface area contributed by atoms with Gasteiger partial charge in [-0.2, -0.15) is 26.3 Å². The lowest BCUT2D eigenvalue weighted by Gasteiger charge is -2.19. The van der Waals surface area contributed by atoms with Crippen LogP contribution in [0.15, 0.2) is 164 Å². The van der Waals surface area contributed by atoms with Crippen LogP contribution in [-0.4, -0.2) is 9.13 Å². The summed E-state index contributed by atoms with van der Waals surface area (Å²) in [7, 11) is 0. The highest BCUT2D eigenvalue weighted by atomic mass is 15.0. The van der Waals surface area contributed by atoms with E-state index in [2.05, 4.69) is 75.9 Å². The van der Waals surface area contributed by atoms with Crippen molar-refractivity contribution in [2.45, 2.75) is 0 Å². The average molecular weight is 762 g/mol. The molecule has 0 saturated heterocycles. The molecule has 0 amide bonds. The molecule has 274 valence electrons. The van der Waals surface area contributed by atoms with Crippen molar-refractivity contribution < 1.29 is 0 Å². The van der Waals surface area contributed by atoms with Crippen molar-refractivity contribution in [1.82, 2.24) is 9.13 Å². The van der Waals surface area contributed by atoms with Crippen molar-refractivity contribution >= 4 is 43.6 Å². The highest BCUT2D eigenvalue weighted by Crippen LogP contribution is 2.42. The minimum atomic E-state index is 0.340. The summed E-state index contributed by atoms with van der Waals surface area (Å²) in [5.41, 5.74) is 11.4. The standard InChI is InChI=1S/C53H27N7/c54-28-33-21-34(29-55)23-39(22-33)40-26-52(59-48-15-7-5-13-43(48)45-19-17-35(24-50(45)59)41-11-3-1-9-37(41)30-56)47(32-58)53(27-40)60-49-16-8-6-14-44(49)46-20-18-36(25-51(46)60)42-12-4-2-10-38(42)31-57/h1-27H. The molecule has 0 fully saturated rings. The van der Waals surface area contributed by atoms with Gasteiger partial charge in [0, 0.05) is 21.5 Å². The van der Waals surface area contributed by atoms with Gasteiger partial charge in [-0.3, -0.25) is 0 Å². The number of hydrogen-bond acceptors (Lipinski definition) is 5. The van der Waals surface area contributed by atoms with Gasteiger partial charge >= 0.3 is 0 Å². The van der Waals surface area contributed by atoms with Gasteiger partial charge in [-0.25, -0.2) is 0 Å². The monoisotopic (exact) mass is 761 g/mol. The first-order chi connectivity index (χ1) is 29.5. The normalized spacial score (nSPS) is 10.9. The van der Waals surface area contributed by atoms with E-state index in [1.807, 2.05) is 97.1 Å². The lowest BCUT2D eigenvalue weighted by atomic mass is 9.96. The number of fused-ring (bicyclic) bond motifs is 6. The van der Waals surface area contributed by atoms with E-state index in [0.29, 0.717) is 50.3 Å². The zero-order valence-electron chi connectivity index (χ0n) is 31.7. The molecule has 0 aliphatic rings. The fraction of sp³-hybridized carbons (Fsp3) is 0. The molecule has 0 atom stereocenters. The quantitative estimate of drug-likeness (QED) is 0.172. The van der Waals surface area contributed by atoms with E-state index in [1.165, 1.54) is 0 Å². The highest BCUT2D eigenvalue weighted by molar-refractivity contribution is 6.12. The SMILES string of the molecule is N#Cc1cc(C#N)cc(-c2cc(-n3c4ccccc4c4ccc(-c5ccccc5C#N)cc43)c(C#N)c(-n3c4ccccc4c4ccc(-c5ccccc5C#N)cc43)c2)c1. The number of nitrogens with zero attached hydrogens (tertiary/aromatic N) is 7. The lowest BCUT2D eigenvalue weighted by Crippen LogP contribution is -2.05. The second-order valence-electron chi connectivity index (χ2n) is 14.5. The summed E-state index contributed by atoms with van der Waals surface area (Å²) in [4.78, 5) is 0. The minimum absolute atomic E-state index is 0.340. The molecule has 7 nitrogen and oxygen atoms in total. The fourth-order valence-electron chi connectivity index (χ4n) is 8.63. The Morgan fingerprint density at radius 2 is 0.733 bits per heavy atom. The van der Waals surface area contributed by atoms with Crippen LogP contribution < -0.4 is 0 Å². The Labute approximate surface area is 344 Å². The highest BCUT2D eigenvalue weighted by Gasteiger charge is 2.24. The van der Waals surface area contributed by atoms with Gasteiger partial charge in [0.2, 0.25) is 0 Å². The molecule has 60 heavy (non-hydrogen) atoms. The first-order valence-electron chi connectivity index (χ1n) is 19.1. The summed E-state index contributed by atoms with van der Waals surface area (Å²) in [6.07, 6.45) is 0. The molecular weight excluding hydrogens is 735 g/mol. The third-order valence-corrected chi connectivity index (χ3v) is 11.3. The van der Waals surface area contributed by atoms with E-state index in [9.17, 15) is 26.3 Å². The van der Waals surface area contributed by atoms with Crippen molar-refractivity contribution in [3.8, 4) is 75.1 Å². The predicted octanol–water partition coefficient (Wildman–Crippen LogP) is 12.2. The summed E-state index contributed by atoms with van der Waals surface area (Å²) in [5, 5.41) is 55.6. The largest absolute Gasteiger partial charge is 0.308 e. The van der Waals surface area contributed by atoms with E-state index in [0.717, 1.165) is 65.9 Å². The summed E-state index contributed by atoms with van der Waals surface area (Å²) in [6.45, 7) is 0. The second kappa shape index (κ2) is 14.1. The van der Waals surface area contributed by atoms with Gasteiger partial charge in [-0.1, -0.05) is 97.1 Å². The number of aromatic nitrogens is 2. The van der Waals surface area contributed by atoms with Crippen LogP contribution in [0.2, 0.25) is 0 Å². The molecule has 8 aromatic carbocycles. The Morgan fingerprint density at radius 3 is 1.18 bits per heavy atom. The van der Waals surface area contributed by atoms with E-state index >= 15 is 0 Å². The van der Waals surface area contributed by atoms with E-state index in [1.54, 1.807) is 30.3 Å². The summed E-state index contributed by atoms with van der Waals surface area (Å²) in [6, 6.07) is 64.2. The van der Waals surface area contributed by atoms with Crippen molar-refractivity contribution in [3.05, 3.63) is 192 Å². The van der Waals surface area contributed by atoms with Gasteiger partial charge in [0.15, 0.2) is 0 Å². The van der Waals surface area contributed by atoms with Crippen LogP contribution in [0.3, 0.4) is 0 Å². The van der Waals surface area contributed by atoms with Crippen LogP contribution in [0, 0.1) is 56.7 Å². The van der Waals surface area contributed by atoms with Crippen molar-refractivity contribution in [1.29, 1.82) is 26.3 Å². The smallest absolute Gasteiger partial charge is 0.104 e. The molecule has 0 bridgehead atoms. The van der Waals surface area contributed by atoms with Gasteiger partial charge in [0.1, 0.15) is 11.6 Å². The Balaban J connectivity index is 1.36. The third kappa shape index (κ3) is 5.47. The number of rotatable bonds is 5. The number of para-hydroxylation sites is 2. The van der Waals surface area contributed by atoms with Crippen LogP contribution in [0.5, 0.6) is 0 Å². The Bertz CT molecular complexity index is 3450. The molecule has 2 aromatic heterocycles. The van der Waals surface area contributed by atoms with E-state index in [4.69, 9.17) is 0 Å². The van der Waals surface area contributed by atoms with Gasteiger partial charge < -0.3 is 9.13 Å². The zero-order chi connectivity index (χ0) is 40.9. The Kier molecular flexibility index (Phi) is 8.27. The third-order valence-electron chi connectivity index (χ3n) is 11.3. The van der Waals surface area contributed by atoms with Crippen LogP contribution >= 0.6 is 0 Å². The Morgan fingerprint density at radius 1 is 0.317 bits per heavy atom. The van der Waals surface area contributed by atoms with Crippen molar-refractivity contribution in [3.63, 3.8) is 0 Å². The molecule has 0 spiro atoms. The molecule has 0 unspecified atom stereocenters. The van der Waals surface area contributed by atoms with Gasteiger partial charge in [0.05, 0.1) is 80.0 Å².